The summed E-state index contributed by atoms with van der Waals surface area (Å²) >= 11 is 6.20. The molecule has 1 unspecified atom stereocenters. The fourth-order valence-electron chi connectivity index (χ4n) is 3.11. The Kier molecular flexibility index (Phi) is 4.98. The molecule has 0 aliphatic carbocycles. The zero-order valence-corrected chi connectivity index (χ0v) is 13.6. The fraction of sp³-hybridized carbons (Fsp3) is 0.647. The van der Waals surface area contributed by atoms with Gasteiger partial charge in [0, 0.05) is 17.1 Å². The van der Waals surface area contributed by atoms with E-state index in [1.165, 1.54) is 19.3 Å². The summed E-state index contributed by atoms with van der Waals surface area (Å²) in [5.41, 5.74) is 1.26. The zero-order valence-electron chi connectivity index (χ0n) is 12.8. The van der Waals surface area contributed by atoms with Crippen LogP contribution in [0.1, 0.15) is 45.6 Å². The van der Waals surface area contributed by atoms with Gasteiger partial charge in [0.15, 0.2) is 0 Å². The number of nitrogens with zero attached hydrogens (tertiary/aromatic N) is 1. The van der Waals surface area contributed by atoms with Crippen LogP contribution in [0.25, 0.3) is 0 Å². The van der Waals surface area contributed by atoms with Gasteiger partial charge in [0.1, 0.15) is 5.75 Å². The van der Waals surface area contributed by atoms with Crippen LogP contribution in [0.3, 0.4) is 0 Å². The minimum Gasteiger partial charge on any atom is -0.508 e. The third-order valence-corrected chi connectivity index (χ3v) is 4.88. The first-order chi connectivity index (χ1) is 9.38. The van der Waals surface area contributed by atoms with Crippen molar-refractivity contribution in [2.24, 2.45) is 11.3 Å². The van der Waals surface area contributed by atoms with Crippen molar-refractivity contribution in [1.29, 1.82) is 0 Å². The Bertz CT molecular complexity index is 433. The number of hydrogen-bond donors (Lipinski definition) is 1. The summed E-state index contributed by atoms with van der Waals surface area (Å²) in [6.45, 7) is 9.96. The smallest absolute Gasteiger partial charge is 0.121 e. The highest BCUT2D eigenvalue weighted by Gasteiger charge is 2.27. The number of likely N-dealkylation sites (tertiary alicyclic amines) is 1. The molecule has 2 nitrogen and oxygen atoms in total. The first kappa shape index (κ1) is 15.7. The van der Waals surface area contributed by atoms with E-state index in [0.29, 0.717) is 16.2 Å². The normalized spacial score (nSPS) is 21.7. The molecule has 1 saturated heterocycles. The van der Waals surface area contributed by atoms with Gasteiger partial charge in [0.05, 0.1) is 0 Å². The predicted molar refractivity (Wildman–Crippen MR) is 85.2 cm³/mol. The number of phenolic OH excluding ortho intramolecular Hbond substituents is 1. The van der Waals surface area contributed by atoms with Crippen molar-refractivity contribution >= 4 is 11.6 Å². The molecule has 1 aliphatic heterocycles. The van der Waals surface area contributed by atoms with Crippen LogP contribution in [-0.4, -0.2) is 23.1 Å². The summed E-state index contributed by atoms with van der Waals surface area (Å²) in [4.78, 5) is 2.42. The second kappa shape index (κ2) is 6.36. The van der Waals surface area contributed by atoms with E-state index in [2.05, 4.69) is 25.7 Å². The maximum Gasteiger partial charge on any atom is 0.121 e. The van der Waals surface area contributed by atoms with Gasteiger partial charge in [-0.2, -0.15) is 0 Å². The van der Waals surface area contributed by atoms with Crippen molar-refractivity contribution in [2.75, 3.05) is 13.1 Å². The van der Waals surface area contributed by atoms with Gasteiger partial charge < -0.3 is 5.11 Å². The molecule has 1 aromatic rings. The average Bonchev–Trinajstić information content (AvgIpc) is 2.59. The molecule has 112 valence electrons. The van der Waals surface area contributed by atoms with Crippen molar-refractivity contribution in [1.82, 2.24) is 4.90 Å². The molecule has 1 heterocycles. The standard InChI is InChI=1S/C17H26ClNO/c1-17(2,3)13-6-5-10-19(11-9-13)12-14-15(18)7-4-8-16(14)20/h4,7-8,13,20H,5-6,9-12H2,1-3H3. The predicted octanol–water partition coefficient (Wildman–Crippen LogP) is 4.69. The minimum absolute atomic E-state index is 0.314. The van der Waals surface area contributed by atoms with E-state index in [4.69, 9.17) is 11.6 Å². The SMILES string of the molecule is CC(C)(C)C1CCCN(Cc2c(O)cccc2Cl)CC1. The highest BCUT2D eigenvalue weighted by atomic mass is 35.5. The molecule has 0 bridgehead atoms. The van der Waals surface area contributed by atoms with E-state index < -0.39 is 0 Å². The topological polar surface area (TPSA) is 23.5 Å². The second-order valence-corrected chi connectivity index (χ2v) is 7.41. The van der Waals surface area contributed by atoms with E-state index in [0.717, 1.165) is 31.1 Å². The van der Waals surface area contributed by atoms with Crippen LogP contribution in [0.4, 0.5) is 0 Å². The molecule has 1 N–H and O–H groups in total. The molecule has 0 amide bonds. The van der Waals surface area contributed by atoms with Gasteiger partial charge in [-0.25, -0.2) is 0 Å². The third kappa shape index (κ3) is 3.89. The van der Waals surface area contributed by atoms with Crippen molar-refractivity contribution in [3.8, 4) is 5.75 Å². The molecule has 1 aromatic carbocycles. The van der Waals surface area contributed by atoms with Gasteiger partial charge in [-0.05, 0) is 55.8 Å². The van der Waals surface area contributed by atoms with E-state index in [-0.39, 0.29) is 0 Å². The third-order valence-electron chi connectivity index (χ3n) is 4.52. The van der Waals surface area contributed by atoms with Gasteiger partial charge >= 0.3 is 0 Å². The van der Waals surface area contributed by atoms with Gasteiger partial charge in [0.2, 0.25) is 0 Å². The Labute approximate surface area is 127 Å². The molecule has 1 fully saturated rings. The van der Waals surface area contributed by atoms with Crippen LogP contribution in [0, 0.1) is 11.3 Å². The lowest BCUT2D eigenvalue weighted by Crippen LogP contribution is -2.26. The molecule has 1 aliphatic rings. The number of hydrogen-bond acceptors (Lipinski definition) is 2. The summed E-state index contributed by atoms with van der Waals surface area (Å²) < 4.78 is 0. The molecule has 0 saturated carbocycles. The largest absolute Gasteiger partial charge is 0.508 e. The lowest BCUT2D eigenvalue weighted by Gasteiger charge is -2.29. The van der Waals surface area contributed by atoms with E-state index in [1.54, 1.807) is 12.1 Å². The maximum absolute atomic E-state index is 9.96. The van der Waals surface area contributed by atoms with E-state index in [9.17, 15) is 5.11 Å². The molecular weight excluding hydrogens is 270 g/mol. The highest BCUT2D eigenvalue weighted by Crippen LogP contribution is 2.35. The van der Waals surface area contributed by atoms with Crippen LogP contribution in [0.5, 0.6) is 5.75 Å². The summed E-state index contributed by atoms with van der Waals surface area (Å²) in [6, 6.07) is 5.36. The highest BCUT2D eigenvalue weighted by molar-refractivity contribution is 6.31. The van der Waals surface area contributed by atoms with Crippen molar-refractivity contribution in [3.63, 3.8) is 0 Å². The van der Waals surface area contributed by atoms with E-state index >= 15 is 0 Å². The summed E-state index contributed by atoms with van der Waals surface area (Å²) in [6.07, 6.45) is 3.76. The second-order valence-electron chi connectivity index (χ2n) is 7.01. The van der Waals surface area contributed by atoms with Crippen LogP contribution in [0.15, 0.2) is 18.2 Å². The van der Waals surface area contributed by atoms with Crippen LogP contribution in [0.2, 0.25) is 5.02 Å². The quantitative estimate of drug-likeness (QED) is 0.855. The molecule has 0 spiro atoms. The first-order valence-electron chi connectivity index (χ1n) is 7.56. The van der Waals surface area contributed by atoms with Crippen LogP contribution >= 0.6 is 11.6 Å². The molecule has 2 rings (SSSR count). The fourth-order valence-corrected chi connectivity index (χ4v) is 3.34. The Morgan fingerprint density at radius 2 is 2.00 bits per heavy atom. The van der Waals surface area contributed by atoms with Gasteiger partial charge in [-0.3, -0.25) is 4.90 Å². The molecule has 3 heteroatoms. The minimum atomic E-state index is 0.314. The van der Waals surface area contributed by atoms with Gasteiger partial charge in [0.25, 0.3) is 0 Å². The van der Waals surface area contributed by atoms with Crippen molar-refractivity contribution in [2.45, 2.75) is 46.6 Å². The number of rotatable bonds is 2. The molecule has 0 aromatic heterocycles. The van der Waals surface area contributed by atoms with Gasteiger partial charge in [-0.15, -0.1) is 0 Å². The maximum atomic E-state index is 9.96. The van der Waals surface area contributed by atoms with Crippen LogP contribution in [-0.2, 0) is 6.54 Å². The monoisotopic (exact) mass is 295 g/mol. The molecule has 0 radical (unpaired) electrons. The van der Waals surface area contributed by atoms with E-state index in [1.807, 2.05) is 6.07 Å². The molecular formula is C17H26ClNO. The Hall–Kier alpha value is -0.730. The molecule has 1 atom stereocenters. The Balaban J connectivity index is 2.01. The Morgan fingerprint density at radius 3 is 2.65 bits per heavy atom. The number of halogens is 1. The average molecular weight is 296 g/mol. The first-order valence-corrected chi connectivity index (χ1v) is 7.94. The number of benzene rings is 1. The number of aromatic hydroxyl groups is 1. The lowest BCUT2D eigenvalue weighted by atomic mass is 9.77. The zero-order chi connectivity index (χ0) is 14.8. The summed E-state index contributed by atoms with van der Waals surface area (Å²) in [7, 11) is 0. The summed E-state index contributed by atoms with van der Waals surface area (Å²) in [5.74, 6) is 1.10. The van der Waals surface area contributed by atoms with Gasteiger partial charge in [-0.1, -0.05) is 38.4 Å². The van der Waals surface area contributed by atoms with Crippen LogP contribution < -0.4 is 0 Å². The number of phenols is 1. The van der Waals surface area contributed by atoms with Crippen molar-refractivity contribution < 1.29 is 5.11 Å². The lowest BCUT2D eigenvalue weighted by molar-refractivity contribution is 0.206. The molecule has 20 heavy (non-hydrogen) atoms. The summed E-state index contributed by atoms with van der Waals surface area (Å²) in [5, 5.41) is 10.6. The van der Waals surface area contributed by atoms with Crippen molar-refractivity contribution in [3.05, 3.63) is 28.8 Å². The Morgan fingerprint density at radius 1 is 1.25 bits per heavy atom.